The van der Waals surface area contributed by atoms with Crippen LogP contribution in [0.1, 0.15) is 32.8 Å². The van der Waals surface area contributed by atoms with E-state index in [0.717, 1.165) is 31.9 Å². The lowest BCUT2D eigenvalue weighted by Crippen LogP contribution is -2.44. The molecule has 0 bridgehead atoms. The van der Waals surface area contributed by atoms with Crippen LogP contribution < -0.4 is 10.2 Å². The summed E-state index contributed by atoms with van der Waals surface area (Å²) in [7, 11) is 1.81. The minimum Gasteiger partial charge on any atom is -0.379 e. The highest BCUT2D eigenvalue weighted by Gasteiger charge is 2.27. The van der Waals surface area contributed by atoms with E-state index in [4.69, 9.17) is 4.74 Å². The first kappa shape index (κ1) is 15.3. The predicted octanol–water partition coefficient (Wildman–Crippen LogP) is 2.44. The molecule has 1 aromatic heterocycles. The zero-order valence-corrected chi connectivity index (χ0v) is 13.1. The summed E-state index contributed by atoms with van der Waals surface area (Å²) in [5, 5.41) is 3.48. The predicted molar refractivity (Wildman–Crippen MR) is 83.0 cm³/mol. The molecule has 0 saturated carbocycles. The maximum absolute atomic E-state index is 5.61. The normalized spacial score (nSPS) is 23.4. The van der Waals surface area contributed by atoms with Crippen molar-refractivity contribution < 1.29 is 4.74 Å². The van der Waals surface area contributed by atoms with Crippen molar-refractivity contribution in [1.82, 2.24) is 10.3 Å². The Balaban J connectivity index is 2.11. The Morgan fingerprint density at radius 2 is 2.30 bits per heavy atom. The molecule has 1 N–H and O–H groups in total. The zero-order valence-electron chi connectivity index (χ0n) is 13.1. The lowest BCUT2D eigenvalue weighted by atomic mass is 9.95. The van der Waals surface area contributed by atoms with E-state index in [9.17, 15) is 0 Å². The van der Waals surface area contributed by atoms with Crippen molar-refractivity contribution in [2.45, 2.75) is 45.9 Å². The molecule has 4 nitrogen and oxygen atoms in total. The van der Waals surface area contributed by atoms with Gasteiger partial charge in [-0.05, 0) is 18.4 Å². The van der Waals surface area contributed by atoms with Crippen molar-refractivity contribution >= 4 is 5.82 Å². The molecule has 0 aliphatic carbocycles. The van der Waals surface area contributed by atoms with Gasteiger partial charge in [-0.15, -0.1) is 0 Å². The molecule has 0 radical (unpaired) electrons. The fourth-order valence-electron chi connectivity index (χ4n) is 2.70. The van der Waals surface area contributed by atoms with Gasteiger partial charge in [0.25, 0.3) is 0 Å². The largest absolute Gasteiger partial charge is 0.379 e. The molecule has 2 rings (SSSR count). The Morgan fingerprint density at radius 3 is 3.00 bits per heavy atom. The van der Waals surface area contributed by atoms with Crippen molar-refractivity contribution in [3.8, 4) is 0 Å². The standard InChI is InChI=1S/C16H27N3O/c1-12(2)18-10-14-6-5-8-17-16(14)19-9-7-13(3)15(11-19)20-4/h5-6,8,12-13,15,18H,7,9-11H2,1-4H3. The van der Waals surface area contributed by atoms with Crippen LogP contribution in [-0.4, -0.2) is 37.3 Å². The number of pyridine rings is 1. The molecule has 4 heteroatoms. The van der Waals surface area contributed by atoms with E-state index in [1.807, 2.05) is 19.4 Å². The lowest BCUT2D eigenvalue weighted by Gasteiger charge is -2.37. The van der Waals surface area contributed by atoms with E-state index in [1.54, 1.807) is 0 Å². The molecular formula is C16H27N3O. The SMILES string of the molecule is COC1CN(c2ncccc2CNC(C)C)CCC1C. The van der Waals surface area contributed by atoms with Gasteiger partial charge in [0.1, 0.15) is 5.82 Å². The highest BCUT2D eigenvalue weighted by Crippen LogP contribution is 2.25. The minimum absolute atomic E-state index is 0.302. The quantitative estimate of drug-likeness (QED) is 0.897. The fourth-order valence-corrected chi connectivity index (χ4v) is 2.70. The van der Waals surface area contributed by atoms with E-state index >= 15 is 0 Å². The molecule has 0 amide bonds. The number of nitrogens with one attached hydrogen (secondary N) is 1. The summed E-state index contributed by atoms with van der Waals surface area (Å²) in [6.07, 6.45) is 3.34. The second-order valence-corrected chi connectivity index (χ2v) is 6.01. The summed E-state index contributed by atoms with van der Waals surface area (Å²) < 4.78 is 5.61. The van der Waals surface area contributed by atoms with Gasteiger partial charge < -0.3 is 15.0 Å². The zero-order chi connectivity index (χ0) is 14.5. The Kier molecular flexibility index (Phi) is 5.38. The summed E-state index contributed by atoms with van der Waals surface area (Å²) in [6.45, 7) is 9.46. The number of hydrogen-bond acceptors (Lipinski definition) is 4. The van der Waals surface area contributed by atoms with Gasteiger partial charge in [-0.1, -0.05) is 26.8 Å². The number of aromatic nitrogens is 1. The number of ether oxygens (including phenoxy) is 1. The maximum Gasteiger partial charge on any atom is 0.133 e. The van der Waals surface area contributed by atoms with Crippen LogP contribution >= 0.6 is 0 Å². The first-order valence-electron chi connectivity index (χ1n) is 7.56. The molecule has 112 valence electrons. The maximum atomic E-state index is 5.61. The number of anilines is 1. The van der Waals surface area contributed by atoms with Crippen LogP contribution in [0, 0.1) is 5.92 Å². The Morgan fingerprint density at radius 1 is 1.50 bits per heavy atom. The van der Waals surface area contributed by atoms with Gasteiger partial charge in [0.05, 0.1) is 6.10 Å². The third-order valence-corrected chi connectivity index (χ3v) is 4.06. The third-order valence-electron chi connectivity index (χ3n) is 4.06. The summed E-state index contributed by atoms with van der Waals surface area (Å²) in [5.41, 5.74) is 1.27. The number of methoxy groups -OCH3 is 1. The Bertz CT molecular complexity index is 422. The van der Waals surface area contributed by atoms with Crippen molar-refractivity contribution in [2.75, 3.05) is 25.1 Å². The monoisotopic (exact) mass is 277 g/mol. The molecule has 0 spiro atoms. The fraction of sp³-hybridized carbons (Fsp3) is 0.688. The first-order chi connectivity index (χ1) is 9.61. The van der Waals surface area contributed by atoms with Gasteiger partial charge in [-0.25, -0.2) is 4.98 Å². The van der Waals surface area contributed by atoms with Crippen LogP contribution in [0.2, 0.25) is 0 Å². The second-order valence-electron chi connectivity index (χ2n) is 6.01. The van der Waals surface area contributed by atoms with Crippen molar-refractivity contribution in [3.63, 3.8) is 0 Å². The van der Waals surface area contributed by atoms with Gasteiger partial charge in [-0.3, -0.25) is 0 Å². The molecule has 1 fully saturated rings. The molecule has 1 saturated heterocycles. The Hall–Kier alpha value is -1.13. The smallest absolute Gasteiger partial charge is 0.133 e. The van der Waals surface area contributed by atoms with Crippen LogP contribution in [-0.2, 0) is 11.3 Å². The summed E-state index contributed by atoms with van der Waals surface area (Å²) in [5.74, 6) is 1.73. The molecule has 2 unspecified atom stereocenters. The summed E-state index contributed by atoms with van der Waals surface area (Å²) in [6, 6.07) is 4.66. The van der Waals surface area contributed by atoms with Gasteiger partial charge in [0.2, 0.25) is 0 Å². The van der Waals surface area contributed by atoms with Crippen LogP contribution in [0.15, 0.2) is 18.3 Å². The molecule has 0 aromatic carbocycles. The number of hydrogen-bond donors (Lipinski definition) is 1. The summed E-state index contributed by atoms with van der Waals surface area (Å²) in [4.78, 5) is 6.97. The van der Waals surface area contributed by atoms with Crippen molar-refractivity contribution in [1.29, 1.82) is 0 Å². The number of rotatable bonds is 5. The molecule has 20 heavy (non-hydrogen) atoms. The van der Waals surface area contributed by atoms with E-state index in [1.165, 1.54) is 5.56 Å². The second kappa shape index (κ2) is 7.04. The molecular weight excluding hydrogens is 250 g/mol. The Labute approximate surface area is 122 Å². The van der Waals surface area contributed by atoms with Crippen LogP contribution in [0.5, 0.6) is 0 Å². The van der Waals surface area contributed by atoms with E-state index in [-0.39, 0.29) is 0 Å². The molecule has 2 atom stereocenters. The van der Waals surface area contributed by atoms with E-state index < -0.39 is 0 Å². The van der Waals surface area contributed by atoms with Gasteiger partial charge in [-0.2, -0.15) is 0 Å². The highest BCUT2D eigenvalue weighted by atomic mass is 16.5. The minimum atomic E-state index is 0.302. The molecule has 1 aromatic rings. The number of nitrogens with zero attached hydrogens (tertiary/aromatic N) is 2. The molecule has 1 aliphatic heterocycles. The van der Waals surface area contributed by atoms with Crippen molar-refractivity contribution in [2.24, 2.45) is 5.92 Å². The average molecular weight is 277 g/mol. The first-order valence-corrected chi connectivity index (χ1v) is 7.56. The van der Waals surface area contributed by atoms with Crippen molar-refractivity contribution in [3.05, 3.63) is 23.9 Å². The lowest BCUT2D eigenvalue weighted by molar-refractivity contribution is 0.0496. The number of piperidine rings is 1. The molecule has 1 aliphatic rings. The van der Waals surface area contributed by atoms with Gasteiger partial charge >= 0.3 is 0 Å². The topological polar surface area (TPSA) is 37.4 Å². The van der Waals surface area contributed by atoms with Crippen LogP contribution in [0.3, 0.4) is 0 Å². The third kappa shape index (κ3) is 3.70. The van der Waals surface area contributed by atoms with Crippen LogP contribution in [0.25, 0.3) is 0 Å². The van der Waals surface area contributed by atoms with E-state index in [2.05, 4.69) is 42.0 Å². The van der Waals surface area contributed by atoms with Crippen LogP contribution in [0.4, 0.5) is 5.82 Å². The molecule has 2 heterocycles. The summed E-state index contributed by atoms with van der Waals surface area (Å²) >= 11 is 0. The van der Waals surface area contributed by atoms with Gasteiger partial charge in [0, 0.05) is 44.5 Å². The highest BCUT2D eigenvalue weighted by molar-refractivity contribution is 5.47. The van der Waals surface area contributed by atoms with E-state index in [0.29, 0.717) is 18.1 Å². The average Bonchev–Trinajstić information content (AvgIpc) is 2.46. The van der Waals surface area contributed by atoms with Gasteiger partial charge in [0.15, 0.2) is 0 Å².